The molecular formula is C31H26N8O2S. The molecule has 0 aliphatic heterocycles. The number of nitrogen functional groups attached to an aromatic ring is 1. The molecule has 3 N–H and O–H groups in total. The highest BCUT2D eigenvalue weighted by atomic mass is 32.1. The number of thiazole rings is 1. The molecule has 6 aromatic rings. The molecule has 208 valence electrons. The smallest absolute Gasteiger partial charge is 0.267 e. The number of benzene rings is 2. The lowest BCUT2D eigenvalue weighted by Gasteiger charge is -2.20. The van der Waals surface area contributed by atoms with Gasteiger partial charge in [0.1, 0.15) is 11.4 Å². The van der Waals surface area contributed by atoms with E-state index in [9.17, 15) is 9.59 Å². The van der Waals surface area contributed by atoms with Crippen molar-refractivity contribution in [3.63, 3.8) is 0 Å². The van der Waals surface area contributed by atoms with Crippen molar-refractivity contribution >= 4 is 39.6 Å². The van der Waals surface area contributed by atoms with Gasteiger partial charge < -0.3 is 11.1 Å². The Morgan fingerprint density at radius 3 is 2.57 bits per heavy atom. The van der Waals surface area contributed by atoms with Crippen LogP contribution in [-0.2, 0) is 0 Å². The molecule has 0 radical (unpaired) electrons. The summed E-state index contributed by atoms with van der Waals surface area (Å²) in [6.45, 7) is 5.81. The van der Waals surface area contributed by atoms with Crippen LogP contribution in [0.15, 0.2) is 77.3 Å². The first-order valence-corrected chi connectivity index (χ1v) is 14.2. The quantitative estimate of drug-likeness (QED) is 0.290. The molecule has 10 nitrogen and oxygen atoms in total. The van der Waals surface area contributed by atoms with Gasteiger partial charge in [-0.3, -0.25) is 19.1 Å². The standard InChI is InChI=1S/C31H26N8O2S/c1-18(2)23-14-15-38-29(35-23)26(27(32)37-38)30(40)34-19(3)28-36-24-11-7-8-20(12-13-22-16-33-17-42-22)25(24)31(41)39(28)21-9-5-4-6-10-21/h4-11,14-19H,1-3H3,(H2,32,37)(H,34,40)/t19-/m0/s1. The summed E-state index contributed by atoms with van der Waals surface area (Å²) in [5.74, 6) is 6.28. The van der Waals surface area contributed by atoms with Gasteiger partial charge in [-0.05, 0) is 49.1 Å². The summed E-state index contributed by atoms with van der Waals surface area (Å²) in [7, 11) is 0. The lowest BCUT2D eigenvalue weighted by Crippen LogP contribution is -2.33. The number of hydrogen-bond acceptors (Lipinski definition) is 8. The maximum absolute atomic E-state index is 14.2. The number of nitrogens with two attached hydrogens (primary N) is 1. The fourth-order valence-corrected chi connectivity index (χ4v) is 5.17. The van der Waals surface area contributed by atoms with Gasteiger partial charge in [-0.15, -0.1) is 16.4 Å². The summed E-state index contributed by atoms with van der Waals surface area (Å²) < 4.78 is 3.00. The number of carbonyl (C=O) groups is 1. The van der Waals surface area contributed by atoms with E-state index in [4.69, 9.17) is 10.7 Å². The average molecular weight is 575 g/mol. The molecule has 0 fully saturated rings. The molecular weight excluding hydrogens is 548 g/mol. The van der Waals surface area contributed by atoms with Crippen LogP contribution < -0.4 is 16.6 Å². The number of nitrogens with zero attached hydrogens (tertiary/aromatic N) is 6. The first kappa shape index (κ1) is 26.9. The third-order valence-electron chi connectivity index (χ3n) is 6.78. The number of amides is 1. The van der Waals surface area contributed by atoms with Crippen LogP contribution in [0.1, 0.15) is 65.0 Å². The van der Waals surface area contributed by atoms with Crippen LogP contribution in [0.2, 0.25) is 0 Å². The zero-order chi connectivity index (χ0) is 29.4. The number of aromatic nitrogens is 6. The Morgan fingerprint density at radius 2 is 1.83 bits per heavy atom. The highest BCUT2D eigenvalue weighted by Crippen LogP contribution is 2.23. The van der Waals surface area contributed by atoms with E-state index in [-0.39, 0.29) is 22.9 Å². The molecule has 0 aliphatic rings. The maximum atomic E-state index is 14.2. The van der Waals surface area contributed by atoms with Crippen molar-refractivity contribution in [2.24, 2.45) is 0 Å². The van der Waals surface area contributed by atoms with E-state index < -0.39 is 11.9 Å². The van der Waals surface area contributed by atoms with Crippen LogP contribution in [0.3, 0.4) is 0 Å². The Labute approximate surface area is 244 Å². The van der Waals surface area contributed by atoms with Crippen LogP contribution in [0.5, 0.6) is 0 Å². The van der Waals surface area contributed by atoms with E-state index in [0.717, 1.165) is 10.6 Å². The fraction of sp³-hybridized carbons (Fsp3) is 0.161. The minimum atomic E-state index is -0.690. The van der Waals surface area contributed by atoms with Gasteiger partial charge in [0.2, 0.25) is 0 Å². The van der Waals surface area contributed by atoms with Crippen molar-refractivity contribution in [2.75, 3.05) is 5.73 Å². The van der Waals surface area contributed by atoms with Crippen LogP contribution in [0, 0.1) is 11.8 Å². The first-order chi connectivity index (χ1) is 20.3. The highest BCUT2D eigenvalue weighted by Gasteiger charge is 2.25. The molecule has 0 aliphatic carbocycles. The molecule has 4 aromatic heterocycles. The minimum absolute atomic E-state index is 0.0594. The summed E-state index contributed by atoms with van der Waals surface area (Å²) >= 11 is 1.42. The lowest BCUT2D eigenvalue weighted by atomic mass is 10.1. The summed E-state index contributed by atoms with van der Waals surface area (Å²) in [4.78, 5) is 42.2. The number of rotatable bonds is 5. The monoisotopic (exact) mass is 574 g/mol. The number of nitrogens with one attached hydrogen (secondary N) is 1. The van der Waals surface area contributed by atoms with Crippen molar-refractivity contribution in [3.05, 3.63) is 110 Å². The minimum Gasteiger partial charge on any atom is -0.381 e. The molecule has 2 aromatic carbocycles. The van der Waals surface area contributed by atoms with Crippen molar-refractivity contribution < 1.29 is 4.79 Å². The molecule has 0 saturated carbocycles. The zero-order valence-electron chi connectivity index (χ0n) is 23.1. The van der Waals surface area contributed by atoms with Crippen molar-refractivity contribution in [3.8, 4) is 17.5 Å². The van der Waals surface area contributed by atoms with Gasteiger partial charge in [0, 0.05) is 17.5 Å². The van der Waals surface area contributed by atoms with Gasteiger partial charge in [-0.1, -0.05) is 44.0 Å². The number of fused-ring (bicyclic) bond motifs is 2. The zero-order valence-corrected chi connectivity index (χ0v) is 23.9. The fourth-order valence-electron chi connectivity index (χ4n) is 4.71. The maximum Gasteiger partial charge on any atom is 0.267 e. The van der Waals surface area contributed by atoms with Gasteiger partial charge in [-0.2, -0.15) is 0 Å². The second kappa shape index (κ2) is 10.9. The van der Waals surface area contributed by atoms with E-state index in [2.05, 4.69) is 32.2 Å². The van der Waals surface area contributed by atoms with Gasteiger partial charge in [-0.25, -0.2) is 14.5 Å². The van der Waals surface area contributed by atoms with E-state index in [1.165, 1.54) is 20.4 Å². The predicted molar refractivity (Wildman–Crippen MR) is 163 cm³/mol. The Morgan fingerprint density at radius 1 is 1.02 bits per heavy atom. The number of carbonyl (C=O) groups excluding carboxylic acids is 1. The molecule has 1 atom stereocenters. The van der Waals surface area contributed by atoms with E-state index >= 15 is 0 Å². The highest BCUT2D eigenvalue weighted by molar-refractivity contribution is 7.10. The topological polar surface area (TPSA) is 133 Å². The molecule has 11 heteroatoms. The van der Waals surface area contributed by atoms with Crippen LogP contribution in [-0.4, -0.2) is 35.0 Å². The van der Waals surface area contributed by atoms with Crippen molar-refractivity contribution in [1.29, 1.82) is 0 Å². The second-order valence-corrected chi connectivity index (χ2v) is 10.9. The van der Waals surface area contributed by atoms with Gasteiger partial charge in [0.25, 0.3) is 11.5 Å². The van der Waals surface area contributed by atoms with E-state index in [0.29, 0.717) is 33.6 Å². The molecule has 4 heterocycles. The Balaban J connectivity index is 1.46. The normalized spacial score (nSPS) is 11.9. The Hall–Kier alpha value is -5.34. The van der Waals surface area contributed by atoms with E-state index in [1.807, 2.05) is 56.3 Å². The molecule has 0 saturated heterocycles. The second-order valence-electron chi connectivity index (χ2n) is 9.99. The molecule has 0 bridgehead atoms. The molecule has 0 spiro atoms. The third-order valence-corrected chi connectivity index (χ3v) is 7.47. The van der Waals surface area contributed by atoms with Crippen LogP contribution in [0.25, 0.3) is 22.2 Å². The first-order valence-electron chi connectivity index (χ1n) is 13.3. The summed E-state index contributed by atoms with van der Waals surface area (Å²) in [6.07, 6.45) is 3.42. The number of anilines is 1. The lowest BCUT2D eigenvalue weighted by molar-refractivity contribution is 0.0940. The molecule has 6 rings (SSSR count). The largest absolute Gasteiger partial charge is 0.381 e. The predicted octanol–water partition coefficient (Wildman–Crippen LogP) is 4.48. The number of para-hydroxylation sites is 1. The molecule has 0 unspecified atom stereocenters. The molecule has 1 amide bonds. The Bertz CT molecular complexity index is 2070. The van der Waals surface area contributed by atoms with Crippen molar-refractivity contribution in [2.45, 2.75) is 32.7 Å². The summed E-state index contributed by atoms with van der Waals surface area (Å²) in [6, 6.07) is 15.7. The van der Waals surface area contributed by atoms with Crippen LogP contribution in [0.4, 0.5) is 5.82 Å². The van der Waals surface area contributed by atoms with Gasteiger partial charge >= 0.3 is 0 Å². The van der Waals surface area contributed by atoms with Crippen molar-refractivity contribution in [1.82, 2.24) is 34.4 Å². The van der Waals surface area contributed by atoms with E-state index in [1.54, 1.807) is 37.0 Å². The SMILES string of the molecule is CC(C)c1ccn2nc(N)c(C(=O)N[C@@H](C)c3nc4cccc(C#Cc5cncs5)c4c(=O)n3-c3ccccc3)c2n1. The average Bonchev–Trinajstić information content (AvgIpc) is 3.62. The van der Waals surface area contributed by atoms with Gasteiger partial charge in [0.15, 0.2) is 11.5 Å². The number of hydrogen-bond donors (Lipinski definition) is 2. The Kier molecular flexibility index (Phi) is 6.98. The van der Waals surface area contributed by atoms with Gasteiger partial charge in [0.05, 0.1) is 39.2 Å². The summed E-state index contributed by atoms with van der Waals surface area (Å²) in [5.41, 5.74) is 10.6. The molecule has 42 heavy (non-hydrogen) atoms. The van der Waals surface area contributed by atoms with Crippen LogP contribution >= 0.6 is 11.3 Å². The third kappa shape index (κ3) is 4.88. The summed E-state index contributed by atoms with van der Waals surface area (Å²) in [5, 5.41) is 7.62.